The molecule has 2 fully saturated rings. The summed E-state index contributed by atoms with van der Waals surface area (Å²) in [5.74, 6) is -1.29. The SMILES string of the molecule is CO[C@@H](C1CC(OC=O)CN1C(=O)OC(C)(C)C)[C@@H](C)C(=O)N1C(=O)OC[C@H]1c1ccccc1. The molecule has 0 bridgehead atoms. The molecule has 2 aliphatic rings. The minimum absolute atomic E-state index is 0.0572. The second kappa shape index (κ2) is 10.4. The Morgan fingerprint density at radius 1 is 1.21 bits per heavy atom. The number of ether oxygens (including phenoxy) is 4. The van der Waals surface area contributed by atoms with E-state index in [9.17, 15) is 19.2 Å². The Balaban J connectivity index is 1.84. The van der Waals surface area contributed by atoms with Crippen molar-refractivity contribution >= 4 is 24.6 Å². The largest absolute Gasteiger partial charge is 0.463 e. The topological polar surface area (TPSA) is 112 Å². The maximum absolute atomic E-state index is 13.5. The summed E-state index contributed by atoms with van der Waals surface area (Å²) in [5, 5.41) is 0. The predicted octanol–water partition coefficient (Wildman–Crippen LogP) is 2.91. The number of benzene rings is 1. The molecule has 3 amide bonds. The molecule has 1 aromatic carbocycles. The van der Waals surface area contributed by atoms with Crippen molar-refractivity contribution in [2.45, 2.75) is 64.0 Å². The van der Waals surface area contributed by atoms with Crippen LogP contribution >= 0.6 is 0 Å². The van der Waals surface area contributed by atoms with E-state index >= 15 is 0 Å². The van der Waals surface area contributed by atoms with Crippen molar-refractivity contribution in [2.24, 2.45) is 5.92 Å². The minimum atomic E-state index is -0.813. The first kappa shape index (κ1) is 25.5. The van der Waals surface area contributed by atoms with E-state index in [1.165, 1.54) is 12.0 Å². The van der Waals surface area contributed by atoms with Crippen molar-refractivity contribution < 1.29 is 38.1 Å². The molecule has 1 aromatic rings. The molecule has 0 N–H and O–H groups in total. The Kier molecular flexibility index (Phi) is 7.81. The van der Waals surface area contributed by atoms with Crippen molar-refractivity contribution in [3.05, 3.63) is 35.9 Å². The average Bonchev–Trinajstić information content (AvgIpc) is 3.37. The lowest BCUT2D eigenvalue weighted by atomic mass is 9.93. The summed E-state index contributed by atoms with van der Waals surface area (Å²) < 4.78 is 21.5. The molecule has 2 saturated heterocycles. The number of likely N-dealkylation sites (tertiary alicyclic amines) is 1. The number of cyclic esters (lactones) is 1. The van der Waals surface area contributed by atoms with Crippen LogP contribution in [0.3, 0.4) is 0 Å². The van der Waals surface area contributed by atoms with E-state index in [2.05, 4.69) is 0 Å². The molecule has 5 atom stereocenters. The molecule has 0 radical (unpaired) electrons. The van der Waals surface area contributed by atoms with Crippen LogP contribution in [-0.4, -0.2) is 78.5 Å². The van der Waals surface area contributed by atoms with Crippen LogP contribution in [-0.2, 0) is 28.5 Å². The van der Waals surface area contributed by atoms with Crippen molar-refractivity contribution in [1.29, 1.82) is 0 Å². The van der Waals surface area contributed by atoms with Crippen molar-refractivity contribution in [1.82, 2.24) is 9.80 Å². The van der Waals surface area contributed by atoms with E-state index < -0.39 is 53.9 Å². The van der Waals surface area contributed by atoms with Crippen molar-refractivity contribution in [3.63, 3.8) is 0 Å². The molecule has 0 aromatic heterocycles. The molecule has 2 aliphatic heterocycles. The minimum Gasteiger partial charge on any atom is -0.463 e. The zero-order valence-corrected chi connectivity index (χ0v) is 20.1. The molecule has 10 nitrogen and oxygen atoms in total. The van der Waals surface area contributed by atoms with E-state index in [4.69, 9.17) is 18.9 Å². The van der Waals surface area contributed by atoms with Gasteiger partial charge in [0.15, 0.2) is 0 Å². The summed E-state index contributed by atoms with van der Waals surface area (Å²) in [6, 6.07) is 7.98. The highest BCUT2D eigenvalue weighted by Crippen LogP contribution is 2.34. The van der Waals surface area contributed by atoms with Crippen LogP contribution in [0.5, 0.6) is 0 Å². The van der Waals surface area contributed by atoms with Gasteiger partial charge in [0.05, 0.1) is 24.6 Å². The molecule has 0 spiro atoms. The number of nitrogens with zero attached hydrogens (tertiary/aromatic N) is 2. The van der Waals surface area contributed by atoms with Crippen molar-refractivity contribution in [3.8, 4) is 0 Å². The first-order valence-electron chi connectivity index (χ1n) is 11.2. The van der Waals surface area contributed by atoms with Gasteiger partial charge in [-0.15, -0.1) is 0 Å². The maximum Gasteiger partial charge on any atom is 0.417 e. The van der Waals surface area contributed by atoms with E-state index in [0.29, 0.717) is 6.47 Å². The summed E-state index contributed by atoms with van der Waals surface area (Å²) >= 11 is 0. The number of amides is 3. The van der Waals surface area contributed by atoms with Crippen LogP contribution in [0.25, 0.3) is 0 Å². The fourth-order valence-electron chi connectivity index (χ4n) is 4.48. The van der Waals surface area contributed by atoms with E-state index in [-0.39, 0.29) is 19.6 Å². The van der Waals surface area contributed by atoms with Crippen LogP contribution in [0.1, 0.15) is 45.7 Å². The van der Waals surface area contributed by atoms with Gasteiger partial charge in [0.25, 0.3) is 6.47 Å². The van der Waals surface area contributed by atoms with Gasteiger partial charge in [0.2, 0.25) is 5.91 Å². The number of hydrogen-bond acceptors (Lipinski definition) is 8. The monoisotopic (exact) mass is 476 g/mol. The van der Waals surface area contributed by atoms with Gasteiger partial charge < -0.3 is 18.9 Å². The van der Waals surface area contributed by atoms with Gasteiger partial charge in [-0.2, -0.15) is 0 Å². The first-order chi connectivity index (χ1) is 16.1. The number of hydrogen-bond donors (Lipinski definition) is 0. The van der Waals surface area contributed by atoms with Gasteiger partial charge in [0, 0.05) is 13.5 Å². The Morgan fingerprint density at radius 2 is 1.88 bits per heavy atom. The molecule has 186 valence electrons. The second-order valence-electron chi connectivity index (χ2n) is 9.49. The lowest BCUT2D eigenvalue weighted by molar-refractivity contribution is -0.139. The molecule has 34 heavy (non-hydrogen) atoms. The summed E-state index contributed by atoms with van der Waals surface area (Å²) in [6.07, 6.45) is -2.41. The van der Waals surface area contributed by atoms with Gasteiger partial charge in [0.1, 0.15) is 24.4 Å². The summed E-state index contributed by atoms with van der Waals surface area (Å²) in [7, 11) is 1.44. The second-order valence-corrected chi connectivity index (χ2v) is 9.49. The zero-order chi connectivity index (χ0) is 25.0. The third kappa shape index (κ3) is 5.49. The average molecular weight is 477 g/mol. The van der Waals surface area contributed by atoms with Crippen LogP contribution in [0.4, 0.5) is 9.59 Å². The Morgan fingerprint density at radius 3 is 2.47 bits per heavy atom. The van der Waals surface area contributed by atoms with Crippen LogP contribution in [0, 0.1) is 5.92 Å². The Hall–Kier alpha value is -3.14. The van der Waals surface area contributed by atoms with Crippen LogP contribution in [0.15, 0.2) is 30.3 Å². The number of carbonyl (C=O) groups excluding carboxylic acids is 4. The standard InChI is InChI=1S/C24H32N2O8/c1-15(21(28)26-19(13-32-23(26)30)16-9-7-6-8-10-16)20(31-5)18-11-17(33-14-27)12-25(18)22(29)34-24(2,3)4/h6-10,14-15,17-20H,11-13H2,1-5H3/t15-,17?,18?,19+,20-/m1/s1. The lowest BCUT2D eigenvalue weighted by Gasteiger charge is -2.35. The van der Waals surface area contributed by atoms with Gasteiger partial charge in [-0.05, 0) is 26.3 Å². The van der Waals surface area contributed by atoms with Crippen LogP contribution in [0.2, 0.25) is 0 Å². The molecular weight excluding hydrogens is 444 g/mol. The Labute approximate surface area is 199 Å². The van der Waals surface area contributed by atoms with Gasteiger partial charge in [-0.25, -0.2) is 14.5 Å². The molecular formula is C24H32N2O8. The fraction of sp³-hybridized carbons (Fsp3) is 0.583. The number of carbonyl (C=O) groups is 4. The fourth-order valence-corrected chi connectivity index (χ4v) is 4.48. The zero-order valence-electron chi connectivity index (χ0n) is 20.1. The molecule has 3 rings (SSSR count). The van der Waals surface area contributed by atoms with E-state index in [0.717, 1.165) is 10.5 Å². The number of rotatable bonds is 7. The summed E-state index contributed by atoms with van der Waals surface area (Å²) in [5.41, 5.74) is 0.0378. The smallest absolute Gasteiger partial charge is 0.417 e. The van der Waals surface area contributed by atoms with Gasteiger partial charge >= 0.3 is 12.2 Å². The van der Waals surface area contributed by atoms with E-state index in [1.54, 1.807) is 27.7 Å². The number of methoxy groups -OCH3 is 1. The molecule has 10 heteroatoms. The van der Waals surface area contributed by atoms with Crippen molar-refractivity contribution in [2.75, 3.05) is 20.3 Å². The first-order valence-corrected chi connectivity index (χ1v) is 11.2. The third-order valence-corrected chi connectivity index (χ3v) is 6.01. The molecule has 0 aliphatic carbocycles. The predicted molar refractivity (Wildman–Crippen MR) is 120 cm³/mol. The Bertz CT molecular complexity index is 900. The normalized spacial score (nSPS) is 24.4. The molecule has 0 saturated carbocycles. The summed E-state index contributed by atoms with van der Waals surface area (Å²) in [4.78, 5) is 52.4. The summed E-state index contributed by atoms with van der Waals surface area (Å²) in [6.45, 7) is 7.39. The molecule has 2 heterocycles. The molecule has 2 unspecified atom stereocenters. The van der Waals surface area contributed by atoms with E-state index in [1.807, 2.05) is 30.3 Å². The highest BCUT2D eigenvalue weighted by molar-refractivity contribution is 5.95. The highest BCUT2D eigenvalue weighted by atomic mass is 16.6. The third-order valence-electron chi connectivity index (χ3n) is 6.01. The van der Waals surface area contributed by atoms with Gasteiger partial charge in [-0.1, -0.05) is 37.3 Å². The quantitative estimate of drug-likeness (QED) is 0.436. The lowest BCUT2D eigenvalue weighted by Crippen LogP contribution is -2.51. The van der Waals surface area contributed by atoms with Gasteiger partial charge in [-0.3, -0.25) is 14.5 Å². The maximum atomic E-state index is 13.5. The van der Waals surface area contributed by atoms with Crippen LogP contribution < -0.4 is 0 Å². The highest BCUT2D eigenvalue weighted by Gasteiger charge is 2.49. The number of imide groups is 1.